The molecule has 0 radical (unpaired) electrons. The Bertz CT molecular complexity index is 746. The van der Waals surface area contributed by atoms with Gasteiger partial charge in [-0.25, -0.2) is 8.42 Å². The summed E-state index contributed by atoms with van der Waals surface area (Å²) in [4.78, 5) is 0.244. The van der Waals surface area contributed by atoms with Crippen LogP contribution < -0.4 is 0 Å². The van der Waals surface area contributed by atoms with Gasteiger partial charge in [0.15, 0.2) is 0 Å². The van der Waals surface area contributed by atoms with Crippen molar-refractivity contribution in [3.05, 3.63) is 49.0 Å². The molecule has 2 rings (SSSR count). The second-order valence-electron chi connectivity index (χ2n) is 4.42. The third kappa shape index (κ3) is 4.09. The first-order chi connectivity index (χ1) is 9.84. The monoisotopic (exact) mass is 471 g/mol. The van der Waals surface area contributed by atoms with Crippen molar-refractivity contribution in [2.24, 2.45) is 0 Å². The summed E-state index contributed by atoms with van der Waals surface area (Å²) in [5.41, 5.74) is 1.82. The molecule has 0 saturated heterocycles. The summed E-state index contributed by atoms with van der Waals surface area (Å²) in [6.45, 7) is 0.328. The Balaban J connectivity index is 2.28. The molecule has 114 valence electrons. The van der Waals surface area contributed by atoms with E-state index < -0.39 is 10.0 Å². The van der Waals surface area contributed by atoms with E-state index in [2.05, 4.69) is 31.9 Å². The number of hydrogen-bond donors (Lipinski definition) is 0. The molecule has 0 fully saturated rings. The van der Waals surface area contributed by atoms with E-state index in [0.717, 1.165) is 14.9 Å². The van der Waals surface area contributed by atoms with Gasteiger partial charge in [-0.2, -0.15) is 4.31 Å². The number of halogens is 3. The summed E-state index contributed by atoms with van der Waals surface area (Å²) in [5.74, 6) is 0.345. The van der Waals surface area contributed by atoms with Crippen molar-refractivity contribution in [2.45, 2.75) is 17.3 Å². The maximum Gasteiger partial charge on any atom is 0.244 e. The van der Waals surface area contributed by atoms with Crippen LogP contribution in [0.2, 0.25) is 0 Å². The Hall–Kier alpha value is 0.0800. The topological polar surface area (TPSA) is 37.4 Å². The molecule has 0 bridgehead atoms. The fourth-order valence-electron chi connectivity index (χ4n) is 1.78. The summed E-state index contributed by atoms with van der Waals surface area (Å²) < 4.78 is 28.1. The predicted octanol–water partition coefficient (Wildman–Crippen LogP) is 4.83. The Morgan fingerprint density at radius 3 is 2.48 bits per heavy atom. The van der Waals surface area contributed by atoms with Crippen LogP contribution in [0, 0.1) is 0 Å². The molecule has 0 aliphatic carbocycles. The number of thiophene rings is 1. The molecular weight excluding hydrogens is 462 g/mol. The van der Waals surface area contributed by atoms with E-state index in [4.69, 9.17) is 11.6 Å². The van der Waals surface area contributed by atoms with Crippen LogP contribution in [0.25, 0.3) is 0 Å². The van der Waals surface area contributed by atoms with Gasteiger partial charge in [0.2, 0.25) is 10.0 Å². The van der Waals surface area contributed by atoms with Crippen LogP contribution in [0.5, 0.6) is 0 Å². The van der Waals surface area contributed by atoms with Crippen molar-refractivity contribution < 1.29 is 8.42 Å². The number of sulfonamides is 1. The molecule has 0 atom stereocenters. The summed E-state index contributed by atoms with van der Waals surface area (Å²) in [5, 5.41) is 1.93. The Morgan fingerprint density at radius 2 is 1.95 bits per heavy atom. The summed E-state index contributed by atoms with van der Waals surface area (Å²) in [6.07, 6.45) is 0. The predicted molar refractivity (Wildman–Crippen MR) is 94.4 cm³/mol. The highest BCUT2D eigenvalue weighted by molar-refractivity contribution is 9.11. The van der Waals surface area contributed by atoms with E-state index in [1.54, 1.807) is 25.2 Å². The number of hydrogen-bond acceptors (Lipinski definition) is 3. The maximum absolute atomic E-state index is 12.6. The zero-order valence-electron chi connectivity index (χ0n) is 11.0. The molecule has 21 heavy (non-hydrogen) atoms. The van der Waals surface area contributed by atoms with Crippen LogP contribution in [0.4, 0.5) is 0 Å². The van der Waals surface area contributed by atoms with E-state index in [-0.39, 0.29) is 4.90 Å². The standard InChI is InChI=1S/C13H12Br2ClNO2S2/c1-17(7-10-5-13(15)20-8-10)21(18,19)12-3-2-9(6-16)4-11(12)14/h2-5,8H,6-7H2,1H3. The molecule has 1 aromatic heterocycles. The zero-order valence-corrected chi connectivity index (χ0v) is 16.6. The zero-order chi connectivity index (χ0) is 15.6. The summed E-state index contributed by atoms with van der Waals surface area (Å²) >= 11 is 14.0. The highest BCUT2D eigenvalue weighted by Gasteiger charge is 2.23. The largest absolute Gasteiger partial charge is 0.244 e. The first-order valence-corrected chi connectivity index (χ1v) is 10.3. The summed E-state index contributed by atoms with van der Waals surface area (Å²) in [6, 6.07) is 6.95. The lowest BCUT2D eigenvalue weighted by molar-refractivity contribution is 0.467. The molecule has 2 aromatic rings. The molecule has 0 amide bonds. The van der Waals surface area contributed by atoms with E-state index in [0.29, 0.717) is 16.9 Å². The lowest BCUT2D eigenvalue weighted by atomic mass is 10.2. The molecule has 0 unspecified atom stereocenters. The second kappa shape index (κ2) is 7.10. The van der Waals surface area contributed by atoms with Crippen LogP contribution in [0.3, 0.4) is 0 Å². The van der Waals surface area contributed by atoms with Gasteiger partial charge in [-0.15, -0.1) is 22.9 Å². The van der Waals surface area contributed by atoms with Gasteiger partial charge in [0.25, 0.3) is 0 Å². The average Bonchev–Trinajstić information content (AvgIpc) is 2.83. The highest BCUT2D eigenvalue weighted by Crippen LogP contribution is 2.28. The molecular formula is C13H12Br2ClNO2S2. The Morgan fingerprint density at radius 1 is 1.24 bits per heavy atom. The molecule has 1 heterocycles. The molecule has 0 aliphatic rings. The van der Waals surface area contributed by atoms with Crippen molar-refractivity contribution in [2.75, 3.05) is 7.05 Å². The Kier molecular flexibility index (Phi) is 5.90. The molecule has 0 aliphatic heterocycles. The van der Waals surface area contributed by atoms with Crippen LogP contribution in [-0.2, 0) is 22.4 Å². The van der Waals surface area contributed by atoms with Gasteiger partial charge in [-0.3, -0.25) is 0 Å². The van der Waals surface area contributed by atoms with Crippen molar-refractivity contribution in [1.29, 1.82) is 0 Å². The van der Waals surface area contributed by atoms with Crippen molar-refractivity contribution in [3.63, 3.8) is 0 Å². The van der Waals surface area contributed by atoms with Gasteiger partial charge in [0, 0.05) is 23.9 Å². The van der Waals surface area contributed by atoms with E-state index >= 15 is 0 Å². The highest BCUT2D eigenvalue weighted by atomic mass is 79.9. The first-order valence-electron chi connectivity index (χ1n) is 5.88. The average molecular weight is 474 g/mol. The lowest BCUT2D eigenvalue weighted by Gasteiger charge is -2.18. The molecule has 0 spiro atoms. The van der Waals surface area contributed by atoms with Crippen molar-refractivity contribution >= 4 is 64.8 Å². The molecule has 3 nitrogen and oxygen atoms in total. The smallest absolute Gasteiger partial charge is 0.207 e. The lowest BCUT2D eigenvalue weighted by Crippen LogP contribution is -2.26. The fourth-order valence-corrected chi connectivity index (χ4v) is 5.38. The number of rotatable bonds is 5. The minimum absolute atomic E-state index is 0.244. The van der Waals surface area contributed by atoms with E-state index in [1.807, 2.05) is 11.4 Å². The van der Waals surface area contributed by atoms with Gasteiger partial charge in [-0.1, -0.05) is 6.07 Å². The summed E-state index contributed by atoms with van der Waals surface area (Å²) in [7, 11) is -1.98. The van der Waals surface area contributed by atoms with Gasteiger partial charge >= 0.3 is 0 Å². The van der Waals surface area contributed by atoms with Crippen LogP contribution >= 0.6 is 54.8 Å². The minimum atomic E-state index is -3.55. The fraction of sp³-hybridized carbons (Fsp3) is 0.231. The second-order valence-corrected chi connectivity index (χ2v) is 9.84. The van der Waals surface area contributed by atoms with Gasteiger partial charge in [0.1, 0.15) is 0 Å². The van der Waals surface area contributed by atoms with Gasteiger partial charge < -0.3 is 0 Å². The van der Waals surface area contributed by atoms with Gasteiger partial charge in [-0.05, 0) is 66.6 Å². The van der Waals surface area contributed by atoms with Gasteiger partial charge in [0.05, 0.1) is 8.68 Å². The third-order valence-corrected chi connectivity index (χ3v) is 7.51. The van der Waals surface area contributed by atoms with Crippen LogP contribution in [0.1, 0.15) is 11.1 Å². The van der Waals surface area contributed by atoms with E-state index in [9.17, 15) is 8.42 Å². The van der Waals surface area contributed by atoms with Crippen molar-refractivity contribution in [3.8, 4) is 0 Å². The third-order valence-electron chi connectivity index (χ3n) is 2.87. The van der Waals surface area contributed by atoms with Crippen LogP contribution in [-0.4, -0.2) is 19.8 Å². The number of benzene rings is 1. The molecule has 8 heteroatoms. The van der Waals surface area contributed by atoms with E-state index in [1.165, 1.54) is 15.6 Å². The minimum Gasteiger partial charge on any atom is -0.207 e. The van der Waals surface area contributed by atoms with Crippen LogP contribution in [0.15, 0.2) is 42.8 Å². The van der Waals surface area contributed by atoms with Crippen molar-refractivity contribution in [1.82, 2.24) is 4.31 Å². The number of alkyl halides is 1. The molecule has 1 aromatic carbocycles. The SMILES string of the molecule is CN(Cc1csc(Br)c1)S(=O)(=O)c1ccc(CCl)cc1Br. The first kappa shape index (κ1) is 17.4. The quantitative estimate of drug-likeness (QED) is 0.583. The number of nitrogens with zero attached hydrogens (tertiary/aromatic N) is 1. The maximum atomic E-state index is 12.6. The normalized spacial score (nSPS) is 12.0. The molecule has 0 N–H and O–H groups in total. The molecule has 0 saturated carbocycles. The Labute approximate surface area is 150 Å².